The van der Waals surface area contributed by atoms with Gasteiger partial charge in [-0.3, -0.25) is 0 Å². The van der Waals surface area contributed by atoms with E-state index < -0.39 is 0 Å². The van der Waals surface area contributed by atoms with Crippen molar-refractivity contribution in [3.8, 4) is 11.5 Å². The third-order valence-electron chi connectivity index (χ3n) is 3.60. The largest absolute Gasteiger partial charge is 0.486 e. The van der Waals surface area contributed by atoms with Crippen molar-refractivity contribution in [1.29, 1.82) is 0 Å². The monoisotopic (exact) mass is 279 g/mol. The van der Waals surface area contributed by atoms with Gasteiger partial charge in [0.2, 0.25) is 0 Å². The predicted octanol–water partition coefficient (Wildman–Crippen LogP) is 2.94. The van der Waals surface area contributed by atoms with Gasteiger partial charge in [-0.15, -0.1) is 11.8 Å². The number of thioether (sulfide) groups is 1. The molecule has 1 saturated carbocycles. The molecular weight excluding hydrogens is 258 g/mol. The molecule has 2 aliphatic rings. The Morgan fingerprint density at radius 3 is 2.79 bits per heavy atom. The maximum Gasteiger partial charge on any atom is 0.162 e. The minimum absolute atomic E-state index is 0.656. The van der Waals surface area contributed by atoms with Crippen molar-refractivity contribution in [3.05, 3.63) is 18.2 Å². The summed E-state index contributed by atoms with van der Waals surface area (Å²) in [4.78, 5) is 1.27. The first-order chi connectivity index (χ1) is 9.36. The number of hydrogen-bond acceptors (Lipinski definition) is 4. The fourth-order valence-corrected chi connectivity index (χ4v) is 3.54. The van der Waals surface area contributed by atoms with Crippen molar-refractivity contribution in [3.63, 3.8) is 0 Å². The van der Waals surface area contributed by atoms with E-state index in [-0.39, 0.29) is 0 Å². The van der Waals surface area contributed by atoms with Crippen LogP contribution >= 0.6 is 11.8 Å². The number of ether oxygens (including phenoxy) is 2. The van der Waals surface area contributed by atoms with E-state index in [1.165, 1.54) is 17.7 Å². The second-order valence-corrected chi connectivity index (χ2v) is 6.21. The molecule has 104 valence electrons. The van der Waals surface area contributed by atoms with E-state index in [1.54, 1.807) is 0 Å². The zero-order chi connectivity index (χ0) is 13.1. The smallest absolute Gasteiger partial charge is 0.162 e. The Balaban J connectivity index is 1.59. The first kappa shape index (κ1) is 13.1. The Bertz CT molecular complexity index is 434. The zero-order valence-corrected chi connectivity index (χ0v) is 12.2. The van der Waals surface area contributed by atoms with Crippen LogP contribution in [-0.2, 0) is 0 Å². The summed E-state index contributed by atoms with van der Waals surface area (Å²) < 4.78 is 11.2. The van der Waals surface area contributed by atoms with Gasteiger partial charge >= 0.3 is 0 Å². The summed E-state index contributed by atoms with van der Waals surface area (Å²) in [5.74, 6) is 3.80. The molecule has 1 unspecified atom stereocenters. The van der Waals surface area contributed by atoms with Crippen molar-refractivity contribution < 1.29 is 9.47 Å². The second kappa shape index (κ2) is 6.06. The molecule has 3 rings (SSSR count). The molecule has 4 heteroatoms. The van der Waals surface area contributed by atoms with Crippen molar-refractivity contribution >= 4 is 11.8 Å². The van der Waals surface area contributed by atoms with Crippen LogP contribution in [0.5, 0.6) is 11.5 Å². The van der Waals surface area contributed by atoms with E-state index in [0.29, 0.717) is 19.3 Å². The van der Waals surface area contributed by atoms with Crippen molar-refractivity contribution in [2.45, 2.75) is 30.7 Å². The molecule has 1 N–H and O–H groups in total. The summed E-state index contributed by atoms with van der Waals surface area (Å²) in [6.07, 6.45) is 2.78. The lowest BCUT2D eigenvalue weighted by Crippen LogP contribution is -2.33. The Kier molecular flexibility index (Phi) is 4.18. The van der Waals surface area contributed by atoms with Crippen LogP contribution in [0.4, 0.5) is 0 Å². The van der Waals surface area contributed by atoms with Crippen LogP contribution in [0.25, 0.3) is 0 Å². The molecule has 0 radical (unpaired) electrons. The van der Waals surface area contributed by atoms with E-state index in [0.717, 1.165) is 29.7 Å². The highest BCUT2D eigenvalue weighted by Gasteiger charge is 2.30. The zero-order valence-electron chi connectivity index (χ0n) is 11.4. The van der Waals surface area contributed by atoms with Gasteiger partial charge in [0.25, 0.3) is 0 Å². The van der Waals surface area contributed by atoms with Gasteiger partial charge in [0.05, 0.1) is 0 Å². The van der Waals surface area contributed by atoms with Crippen LogP contribution in [0.2, 0.25) is 0 Å². The summed E-state index contributed by atoms with van der Waals surface area (Å²) in [6, 6.07) is 6.92. The SMILES string of the molecule is CCNC(CSc1ccc2c(c1)OCCO2)C1CC1. The highest BCUT2D eigenvalue weighted by molar-refractivity contribution is 7.99. The van der Waals surface area contributed by atoms with E-state index in [1.807, 2.05) is 17.8 Å². The average molecular weight is 279 g/mol. The van der Waals surface area contributed by atoms with Crippen molar-refractivity contribution in [1.82, 2.24) is 5.32 Å². The molecule has 0 spiro atoms. The molecule has 1 aliphatic carbocycles. The highest BCUT2D eigenvalue weighted by Crippen LogP contribution is 2.37. The van der Waals surface area contributed by atoms with Crippen molar-refractivity contribution in [2.24, 2.45) is 5.92 Å². The maximum atomic E-state index is 5.62. The fourth-order valence-electron chi connectivity index (χ4n) is 2.42. The number of fused-ring (bicyclic) bond motifs is 1. The Morgan fingerprint density at radius 1 is 1.26 bits per heavy atom. The molecule has 0 bridgehead atoms. The van der Waals surface area contributed by atoms with Gasteiger partial charge in [0.1, 0.15) is 13.2 Å². The van der Waals surface area contributed by atoms with E-state index in [4.69, 9.17) is 9.47 Å². The average Bonchev–Trinajstić information content (AvgIpc) is 3.28. The minimum atomic E-state index is 0.656. The van der Waals surface area contributed by atoms with Crippen LogP contribution in [0.15, 0.2) is 23.1 Å². The minimum Gasteiger partial charge on any atom is -0.486 e. The summed E-state index contributed by atoms with van der Waals surface area (Å²) in [5.41, 5.74) is 0. The van der Waals surface area contributed by atoms with Crippen molar-refractivity contribution in [2.75, 3.05) is 25.5 Å². The third kappa shape index (κ3) is 3.37. The quantitative estimate of drug-likeness (QED) is 0.811. The third-order valence-corrected chi connectivity index (χ3v) is 4.71. The van der Waals surface area contributed by atoms with Crippen LogP contribution < -0.4 is 14.8 Å². The molecule has 1 aromatic rings. The molecule has 1 aliphatic heterocycles. The summed E-state index contributed by atoms with van der Waals surface area (Å²) >= 11 is 1.91. The fraction of sp³-hybridized carbons (Fsp3) is 0.600. The molecule has 19 heavy (non-hydrogen) atoms. The Morgan fingerprint density at radius 2 is 2.05 bits per heavy atom. The molecular formula is C15H21NO2S. The Labute approximate surface area is 119 Å². The van der Waals surface area contributed by atoms with Crippen LogP contribution in [-0.4, -0.2) is 31.6 Å². The Hall–Kier alpha value is -0.870. The number of rotatable bonds is 6. The first-order valence-corrected chi connectivity index (χ1v) is 8.11. The topological polar surface area (TPSA) is 30.5 Å². The molecule has 1 fully saturated rings. The summed E-state index contributed by atoms with van der Waals surface area (Å²) in [6.45, 7) is 4.56. The van der Waals surface area contributed by atoms with Crippen LogP contribution in [0, 0.1) is 5.92 Å². The van der Waals surface area contributed by atoms with Gasteiger partial charge in [0.15, 0.2) is 11.5 Å². The molecule has 0 amide bonds. The lowest BCUT2D eigenvalue weighted by atomic mass is 10.2. The molecule has 1 atom stereocenters. The van der Waals surface area contributed by atoms with E-state index in [2.05, 4.69) is 24.4 Å². The molecule has 3 nitrogen and oxygen atoms in total. The van der Waals surface area contributed by atoms with Gasteiger partial charge in [-0.1, -0.05) is 6.92 Å². The maximum absolute atomic E-state index is 5.62. The molecule has 1 heterocycles. The van der Waals surface area contributed by atoms with Gasteiger partial charge in [-0.05, 0) is 43.5 Å². The van der Waals surface area contributed by atoms with Gasteiger partial charge < -0.3 is 14.8 Å². The highest BCUT2D eigenvalue weighted by atomic mass is 32.2. The second-order valence-electron chi connectivity index (χ2n) is 5.12. The molecule has 0 aromatic heterocycles. The summed E-state index contributed by atoms with van der Waals surface area (Å²) in [7, 11) is 0. The first-order valence-electron chi connectivity index (χ1n) is 7.12. The number of benzene rings is 1. The number of nitrogens with one attached hydrogen (secondary N) is 1. The van der Waals surface area contributed by atoms with E-state index in [9.17, 15) is 0 Å². The summed E-state index contributed by atoms with van der Waals surface area (Å²) in [5, 5.41) is 3.60. The lowest BCUT2D eigenvalue weighted by Gasteiger charge is -2.20. The van der Waals surface area contributed by atoms with Crippen LogP contribution in [0.1, 0.15) is 19.8 Å². The van der Waals surface area contributed by atoms with Gasteiger partial charge in [-0.25, -0.2) is 0 Å². The number of hydrogen-bond donors (Lipinski definition) is 1. The van der Waals surface area contributed by atoms with Gasteiger partial charge in [-0.2, -0.15) is 0 Å². The lowest BCUT2D eigenvalue weighted by molar-refractivity contribution is 0.171. The van der Waals surface area contributed by atoms with Gasteiger partial charge in [0, 0.05) is 16.7 Å². The standard InChI is InChI=1S/C15H21NO2S/c1-2-16-13(11-3-4-11)10-19-12-5-6-14-15(9-12)18-8-7-17-14/h5-6,9,11,13,16H,2-4,7-8,10H2,1H3. The predicted molar refractivity (Wildman–Crippen MR) is 78.3 cm³/mol. The van der Waals surface area contributed by atoms with E-state index >= 15 is 0 Å². The van der Waals surface area contributed by atoms with Crippen LogP contribution in [0.3, 0.4) is 0 Å². The normalized spacial score (nSPS) is 19.2. The molecule has 1 aromatic carbocycles. The molecule has 0 saturated heterocycles.